The highest BCUT2D eigenvalue weighted by Crippen LogP contribution is 2.29. The molecule has 3 N–H and O–H groups in total. The first-order valence-corrected chi connectivity index (χ1v) is 8.14. The van der Waals surface area contributed by atoms with Crippen molar-refractivity contribution in [2.45, 2.75) is 25.3 Å². The van der Waals surface area contributed by atoms with Gasteiger partial charge in [0, 0.05) is 0 Å². The van der Waals surface area contributed by atoms with Crippen molar-refractivity contribution >= 4 is 23.3 Å². The molecular weight excluding hydrogens is 320 g/mol. The Morgan fingerprint density at radius 1 is 1.16 bits per heavy atom. The number of aromatic carboxylic acids is 1. The highest BCUT2D eigenvalue weighted by molar-refractivity contribution is 6.04. The van der Waals surface area contributed by atoms with E-state index in [1.807, 2.05) is 24.3 Å². The first-order chi connectivity index (χ1) is 12.1. The molecule has 1 atom stereocenters. The van der Waals surface area contributed by atoms with E-state index in [1.165, 1.54) is 11.6 Å². The lowest BCUT2D eigenvalue weighted by Crippen LogP contribution is -2.38. The van der Waals surface area contributed by atoms with Crippen molar-refractivity contribution in [3.05, 3.63) is 53.6 Å². The predicted octanol–water partition coefficient (Wildman–Crippen LogP) is 3.15. The number of methoxy groups -OCH3 is 1. The summed E-state index contributed by atoms with van der Waals surface area (Å²) in [6.07, 6.45) is 2.36. The van der Waals surface area contributed by atoms with E-state index in [0.717, 1.165) is 18.6 Å². The number of carbonyl (C=O) groups is 2. The number of nitrogens with one attached hydrogen (secondary N) is 2. The summed E-state index contributed by atoms with van der Waals surface area (Å²) in [5, 5.41) is 15.1. The molecule has 0 fully saturated rings. The molecule has 0 bridgehead atoms. The Bertz CT molecular complexity index is 787. The molecule has 1 unspecified atom stereocenters. The number of ether oxygens (including phenoxy) is 1. The zero-order valence-corrected chi connectivity index (χ0v) is 13.9. The molecule has 1 aliphatic heterocycles. The van der Waals surface area contributed by atoms with Crippen LogP contribution in [0.5, 0.6) is 5.75 Å². The smallest absolute Gasteiger partial charge is 0.335 e. The molecule has 0 saturated carbocycles. The number of fused-ring (bicyclic) bond motifs is 1. The predicted molar refractivity (Wildman–Crippen MR) is 95.4 cm³/mol. The van der Waals surface area contributed by atoms with Crippen LogP contribution in [-0.2, 0) is 11.2 Å². The summed E-state index contributed by atoms with van der Waals surface area (Å²) in [6.45, 7) is 0. The minimum absolute atomic E-state index is 0.0923. The monoisotopic (exact) mass is 340 g/mol. The van der Waals surface area contributed by atoms with Crippen molar-refractivity contribution in [2.24, 2.45) is 0 Å². The summed E-state index contributed by atoms with van der Waals surface area (Å²) >= 11 is 0. The zero-order valence-electron chi connectivity index (χ0n) is 13.9. The van der Waals surface area contributed by atoms with Gasteiger partial charge in [0.05, 0.1) is 24.0 Å². The fourth-order valence-corrected chi connectivity index (χ4v) is 2.88. The van der Waals surface area contributed by atoms with Crippen molar-refractivity contribution in [1.29, 1.82) is 0 Å². The van der Waals surface area contributed by atoms with Crippen molar-refractivity contribution in [3.63, 3.8) is 0 Å². The maximum absolute atomic E-state index is 12.2. The normalized spacial score (nSPS) is 15.7. The van der Waals surface area contributed by atoms with Gasteiger partial charge < -0.3 is 20.5 Å². The van der Waals surface area contributed by atoms with Gasteiger partial charge in [-0.3, -0.25) is 4.79 Å². The van der Waals surface area contributed by atoms with Gasteiger partial charge in [-0.25, -0.2) is 4.79 Å². The second-order valence-corrected chi connectivity index (χ2v) is 5.99. The van der Waals surface area contributed by atoms with Crippen molar-refractivity contribution in [1.82, 2.24) is 0 Å². The van der Waals surface area contributed by atoms with E-state index in [0.29, 0.717) is 17.8 Å². The quantitative estimate of drug-likeness (QED) is 0.752. The number of hydrogen-bond acceptors (Lipinski definition) is 4. The lowest BCUT2D eigenvalue weighted by molar-refractivity contribution is -0.117. The summed E-state index contributed by atoms with van der Waals surface area (Å²) in [6, 6.07) is 12.1. The molecule has 0 aromatic heterocycles. The Morgan fingerprint density at radius 3 is 2.60 bits per heavy atom. The van der Waals surface area contributed by atoms with Crippen molar-refractivity contribution in [3.8, 4) is 5.75 Å². The van der Waals surface area contributed by atoms with Gasteiger partial charge >= 0.3 is 5.97 Å². The molecule has 3 rings (SSSR count). The third-order valence-corrected chi connectivity index (χ3v) is 4.29. The van der Waals surface area contributed by atoms with Crippen LogP contribution >= 0.6 is 0 Å². The molecule has 0 saturated heterocycles. The number of benzene rings is 2. The molecule has 1 aliphatic rings. The van der Waals surface area contributed by atoms with Crippen LogP contribution in [0.3, 0.4) is 0 Å². The molecule has 1 amide bonds. The Hall–Kier alpha value is -3.02. The molecule has 0 radical (unpaired) electrons. The van der Waals surface area contributed by atoms with E-state index in [1.54, 1.807) is 19.2 Å². The number of carboxylic acid groups (broad SMARTS) is 1. The van der Waals surface area contributed by atoms with Gasteiger partial charge in [0.25, 0.3) is 0 Å². The Labute approximate surface area is 145 Å². The number of hydrogen-bond donors (Lipinski definition) is 3. The molecule has 0 spiro atoms. The zero-order chi connectivity index (χ0) is 17.8. The first-order valence-electron chi connectivity index (χ1n) is 8.14. The van der Waals surface area contributed by atoms with Gasteiger partial charge in [-0.05, 0) is 55.2 Å². The number of carboxylic acids is 1. The minimum Gasteiger partial charge on any atom is -0.497 e. The lowest BCUT2D eigenvalue weighted by atomic mass is 10.0. The number of aryl methyl sites for hydroxylation is 1. The molecule has 0 aliphatic carbocycles. The first kappa shape index (κ1) is 16.8. The number of amides is 1. The van der Waals surface area contributed by atoms with Gasteiger partial charge in [0.1, 0.15) is 11.8 Å². The van der Waals surface area contributed by atoms with Crippen LogP contribution in [0.1, 0.15) is 28.8 Å². The maximum Gasteiger partial charge on any atom is 0.335 e. The highest BCUT2D eigenvalue weighted by atomic mass is 16.5. The van der Waals surface area contributed by atoms with E-state index >= 15 is 0 Å². The maximum atomic E-state index is 12.2. The van der Waals surface area contributed by atoms with Gasteiger partial charge in [-0.15, -0.1) is 0 Å². The van der Waals surface area contributed by atoms with Gasteiger partial charge in [-0.2, -0.15) is 0 Å². The molecule has 2 aromatic rings. The summed E-state index contributed by atoms with van der Waals surface area (Å²) in [7, 11) is 1.63. The largest absolute Gasteiger partial charge is 0.497 e. The SMILES string of the molecule is COc1ccc(CCCC2Nc3cc(C(=O)O)ccc3NC2=O)cc1. The Kier molecular flexibility index (Phi) is 4.88. The summed E-state index contributed by atoms with van der Waals surface area (Å²) in [5.41, 5.74) is 2.64. The summed E-state index contributed by atoms with van der Waals surface area (Å²) < 4.78 is 5.14. The van der Waals surface area contributed by atoms with Crippen LogP contribution in [0.2, 0.25) is 0 Å². The van der Waals surface area contributed by atoms with Crippen molar-refractivity contribution < 1.29 is 19.4 Å². The number of anilines is 2. The minimum atomic E-state index is -0.988. The van der Waals surface area contributed by atoms with Gasteiger partial charge in [0.2, 0.25) is 5.91 Å². The second kappa shape index (κ2) is 7.25. The van der Waals surface area contributed by atoms with E-state index in [2.05, 4.69) is 10.6 Å². The fraction of sp³-hybridized carbons (Fsp3) is 0.263. The van der Waals surface area contributed by atoms with Crippen LogP contribution < -0.4 is 15.4 Å². The molecular formula is C19H20N2O4. The number of carbonyl (C=O) groups excluding carboxylic acids is 1. The third kappa shape index (κ3) is 3.91. The van der Waals surface area contributed by atoms with Crippen LogP contribution in [0.4, 0.5) is 11.4 Å². The Balaban J connectivity index is 1.60. The number of rotatable bonds is 6. The average Bonchev–Trinajstić information content (AvgIpc) is 2.62. The Morgan fingerprint density at radius 2 is 1.92 bits per heavy atom. The summed E-state index contributed by atoms with van der Waals surface area (Å²) in [5.74, 6) is -0.259. The fourth-order valence-electron chi connectivity index (χ4n) is 2.88. The topological polar surface area (TPSA) is 87.7 Å². The second-order valence-electron chi connectivity index (χ2n) is 5.99. The molecule has 25 heavy (non-hydrogen) atoms. The van der Waals surface area contributed by atoms with E-state index < -0.39 is 5.97 Å². The standard InChI is InChI=1S/C19H20N2O4/c1-25-14-8-5-12(6-9-14)3-2-4-16-18(22)21-15-10-7-13(19(23)24)11-17(15)20-16/h5-11,16,20H,2-4H2,1H3,(H,21,22)(H,23,24). The van der Waals surface area contributed by atoms with Crippen LogP contribution in [-0.4, -0.2) is 30.1 Å². The van der Waals surface area contributed by atoms with Gasteiger partial charge in [-0.1, -0.05) is 12.1 Å². The van der Waals surface area contributed by atoms with E-state index in [-0.39, 0.29) is 17.5 Å². The molecule has 6 nitrogen and oxygen atoms in total. The average molecular weight is 340 g/mol. The highest BCUT2D eigenvalue weighted by Gasteiger charge is 2.25. The van der Waals surface area contributed by atoms with Crippen molar-refractivity contribution in [2.75, 3.05) is 17.7 Å². The van der Waals surface area contributed by atoms with Crippen LogP contribution in [0.15, 0.2) is 42.5 Å². The van der Waals surface area contributed by atoms with Gasteiger partial charge in [0.15, 0.2) is 0 Å². The van der Waals surface area contributed by atoms with Crippen LogP contribution in [0, 0.1) is 0 Å². The summed E-state index contributed by atoms with van der Waals surface area (Å²) in [4.78, 5) is 23.3. The third-order valence-electron chi connectivity index (χ3n) is 4.29. The molecule has 6 heteroatoms. The molecule has 1 heterocycles. The van der Waals surface area contributed by atoms with E-state index in [9.17, 15) is 9.59 Å². The molecule has 130 valence electrons. The lowest BCUT2D eigenvalue weighted by Gasteiger charge is -2.27. The van der Waals surface area contributed by atoms with E-state index in [4.69, 9.17) is 9.84 Å². The molecule has 2 aromatic carbocycles. The van der Waals surface area contributed by atoms with Crippen LogP contribution in [0.25, 0.3) is 0 Å².